The van der Waals surface area contributed by atoms with E-state index in [0.717, 1.165) is 52.4 Å². The summed E-state index contributed by atoms with van der Waals surface area (Å²) in [5.74, 6) is 0.207. The van der Waals surface area contributed by atoms with Gasteiger partial charge >= 0.3 is 35.5 Å². The van der Waals surface area contributed by atoms with Crippen molar-refractivity contribution in [2.45, 2.75) is 37.6 Å². The van der Waals surface area contributed by atoms with E-state index < -0.39 is 17.9 Å². The summed E-state index contributed by atoms with van der Waals surface area (Å²) in [6, 6.07) is 35.9. The van der Waals surface area contributed by atoms with E-state index in [1.54, 1.807) is 6.07 Å². The minimum atomic E-state index is -1.07. The standard InChI is InChI=1S/C38H34N2O4.Na.H/c41-36(39-33(38(42)43)25-26-13-4-1-5-14-26)31-21-12-15-27(24-31)23-30-20-10-11-22-32(30)37-40-34(28-16-6-2-7-17-28)35(44-37)29-18-8-3-9-19-29;;/h1-10,12-21,24,30,32-33H,11,22-23,25H2,(H,39,41)(H,42,43);;/t30?,32?,33-;;/m0../s1. The van der Waals surface area contributed by atoms with Crippen LogP contribution >= 0.6 is 0 Å². The van der Waals surface area contributed by atoms with Gasteiger partial charge in [-0.15, -0.1) is 0 Å². The molecule has 0 bridgehead atoms. The van der Waals surface area contributed by atoms with Crippen molar-refractivity contribution in [2.75, 3.05) is 0 Å². The molecule has 45 heavy (non-hydrogen) atoms. The molecule has 1 amide bonds. The number of hydrogen-bond acceptors (Lipinski definition) is 4. The van der Waals surface area contributed by atoms with Crippen LogP contribution in [0, 0.1) is 5.92 Å². The van der Waals surface area contributed by atoms with E-state index in [1.807, 2.05) is 97.1 Å². The molecule has 222 valence electrons. The van der Waals surface area contributed by atoms with Crippen LogP contribution in [0.25, 0.3) is 22.6 Å². The summed E-state index contributed by atoms with van der Waals surface area (Å²) >= 11 is 0. The molecule has 0 saturated heterocycles. The maximum atomic E-state index is 13.2. The molecule has 7 heteroatoms. The van der Waals surface area contributed by atoms with E-state index >= 15 is 0 Å². The first-order valence-corrected chi connectivity index (χ1v) is 15.0. The number of rotatable bonds is 10. The first-order chi connectivity index (χ1) is 21.5. The van der Waals surface area contributed by atoms with Crippen molar-refractivity contribution in [3.05, 3.63) is 150 Å². The van der Waals surface area contributed by atoms with Gasteiger partial charge in [0.2, 0.25) is 0 Å². The molecular weight excluding hydrogens is 571 g/mol. The number of carboxylic acids is 1. The van der Waals surface area contributed by atoms with Gasteiger partial charge in [-0.1, -0.05) is 115 Å². The summed E-state index contributed by atoms with van der Waals surface area (Å²) in [6.45, 7) is 0. The van der Waals surface area contributed by atoms with Gasteiger partial charge in [0, 0.05) is 29.0 Å². The van der Waals surface area contributed by atoms with Gasteiger partial charge in [0.1, 0.15) is 11.7 Å². The summed E-state index contributed by atoms with van der Waals surface area (Å²) in [5, 5.41) is 12.5. The molecule has 0 radical (unpaired) electrons. The third-order valence-corrected chi connectivity index (χ3v) is 8.14. The first-order valence-electron chi connectivity index (χ1n) is 15.0. The Labute approximate surface area is 285 Å². The monoisotopic (exact) mass is 606 g/mol. The number of oxazole rings is 1. The summed E-state index contributed by atoms with van der Waals surface area (Å²) in [6.07, 6.45) is 7.18. The molecule has 3 atom stereocenters. The SMILES string of the molecule is O=C(N[C@@H](Cc1ccccc1)C(=O)O)c1cccc(CC2C=CCCC2c2nc(-c3ccccc3)c(-c3ccccc3)o2)c1.[NaH]. The second kappa shape index (κ2) is 15.2. The van der Waals surface area contributed by atoms with Gasteiger partial charge in [-0.05, 0) is 48.4 Å². The molecule has 1 heterocycles. The van der Waals surface area contributed by atoms with Crippen molar-refractivity contribution < 1.29 is 19.1 Å². The molecule has 6 nitrogen and oxygen atoms in total. The second-order valence-corrected chi connectivity index (χ2v) is 11.2. The van der Waals surface area contributed by atoms with E-state index in [0.29, 0.717) is 12.0 Å². The number of carbonyl (C=O) groups excluding carboxylic acids is 1. The number of benzene rings is 4. The average molecular weight is 607 g/mol. The van der Waals surface area contributed by atoms with E-state index in [2.05, 4.69) is 29.6 Å². The quantitative estimate of drug-likeness (QED) is 0.131. The van der Waals surface area contributed by atoms with Gasteiger partial charge < -0.3 is 14.8 Å². The van der Waals surface area contributed by atoms with Crippen LogP contribution in [0.3, 0.4) is 0 Å². The molecule has 1 aliphatic rings. The van der Waals surface area contributed by atoms with Crippen LogP contribution in [0.2, 0.25) is 0 Å². The molecule has 5 aromatic rings. The molecule has 0 saturated carbocycles. The van der Waals surface area contributed by atoms with Crippen LogP contribution in [0.1, 0.15) is 46.1 Å². The molecule has 6 rings (SSSR count). The van der Waals surface area contributed by atoms with Crippen molar-refractivity contribution in [2.24, 2.45) is 5.92 Å². The maximum absolute atomic E-state index is 13.2. The Hall–Kier alpha value is -4.23. The van der Waals surface area contributed by atoms with Crippen LogP contribution in [0.5, 0.6) is 0 Å². The first kappa shape index (κ1) is 32.2. The number of aliphatic carboxylic acids is 1. The summed E-state index contributed by atoms with van der Waals surface area (Å²) < 4.78 is 6.57. The van der Waals surface area contributed by atoms with E-state index in [4.69, 9.17) is 9.40 Å². The molecule has 0 fully saturated rings. The Kier molecular flexibility index (Phi) is 10.8. The topological polar surface area (TPSA) is 92.4 Å². The number of nitrogens with zero attached hydrogens (tertiary/aromatic N) is 1. The predicted molar refractivity (Wildman–Crippen MR) is 178 cm³/mol. The summed E-state index contributed by atoms with van der Waals surface area (Å²) in [5.41, 5.74) is 5.11. The van der Waals surface area contributed by atoms with Crippen LogP contribution in [-0.4, -0.2) is 57.6 Å². The zero-order valence-corrected chi connectivity index (χ0v) is 24.3. The number of aromatic nitrogens is 1. The normalized spacial score (nSPS) is 16.4. The zero-order chi connectivity index (χ0) is 30.3. The Morgan fingerprint density at radius 2 is 1.49 bits per heavy atom. The molecule has 2 N–H and O–H groups in total. The fourth-order valence-corrected chi connectivity index (χ4v) is 5.89. The molecular formula is C38H35N2NaO4. The fraction of sp³-hybridized carbons (Fsp3) is 0.184. The Morgan fingerprint density at radius 1 is 0.844 bits per heavy atom. The molecule has 1 aromatic heterocycles. The number of hydrogen-bond donors (Lipinski definition) is 2. The molecule has 1 aliphatic carbocycles. The number of nitrogens with one attached hydrogen (secondary N) is 1. The molecule has 0 aliphatic heterocycles. The summed E-state index contributed by atoms with van der Waals surface area (Å²) in [7, 11) is 0. The van der Waals surface area contributed by atoms with Crippen LogP contribution in [0.15, 0.2) is 132 Å². The third kappa shape index (κ3) is 7.90. The predicted octanol–water partition coefficient (Wildman–Crippen LogP) is 7.08. The zero-order valence-electron chi connectivity index (χ0n) is 24.3. The van der Waals surface area contributed by atoms with E-state index in [-0.39, 0.29) is 47.8 Å². The number of amides is 1. The van der Waals surface area contributed by atoms with Crippen molar-refractivity contribution in [3.63, 3.8) is 0 Å². The number of allylic oxidation sites excluding steroid dienone is 2. The van der Waals surface area contributed by atoms with Gasteiger partial charge in [-0.25, -0.2) is 9.78 Å². The number of carboxylic acid groups (broad SMARTS) is 1. The van der Waals surface area contributed by atoms with Gasteiger partial charge in [0.15, 0.2) is 11.7 Å². The van der Waals surface area contributed by atoms with Gasteiger partial charge in [0.05, 0.1) is 0 Å². The molecule has 4 aromatic carbocycles. The van der Waals surface area contributed by atoms with Crippen molar-refractivity contribution in [1.29, 1.82) is 0 Å². The van der Waals surface area contributed by atoms with Crippen LogP contribution in [-0.2, 0) is 17.6 Å². The van der Waals surface area contributed by atoms with E-state index in [1.165, 1.54) is 0 Å². The van der Waals surface area contributed by atoms with Gasteiger partial charge in [-0.2, -0.15) is 0 Å². The van der Waals surface area contributed by atoms with Crippen LogP contribution < -0.4 is 5.32 Å². The van der Waals surface area contributed by atoms with E-state index in [9.17, 15) is 14.7 Å². The Balaban J connectivity index is 0.00000400. The van der Waals surface area contributed by atoms with Crippen LogP contribution in [0.4, 0.5) is 0 Å². The molecule has 2 unspecified atom stereocenters. The number of carbonyl (C=O) groups is 2. The summed E-state index contributed by atoms with van der Waals surface area (Å²) in [4.78, 5) is 30.2. The third-order valence-electron chi connectivity index (χ3n) is 8.14. The van der Waals surface area contributed by atoms with Crippen molar-refractivity contribution in [1.82, 2.24) is 10.3 Å². The molecule has 0 spiro atoms. The Morgan fingerprint density at radius 3 is 2.18 bits per heavy atom. The Bertz CT molecular complexity index is 1700. The van der Waals surface area contributed by atoms with Gasteiger partial charge in [0.25, 0.3) is 5.91 Å². The average Bonchev–Trinajstić information content (AvgIpc) is 3.52. The van der Waals surface area contributed by atoms with Gasteiger partial charge in [-0.3, -0.25) is 4.79 Å². The minimum absolute atomic E-state index is 0. The van der Waals surface area contributed by atoms with Crippen molar-refractivity contribution >= 4 is 41.4 Å². The second-order valence-electron chi connectivity index (χ2n) is 11.2. The van der Waals surface area contributed by atoms with Crippen molar-refractivity contribution in [3.8, 4) is 22.6 Å². The fourth-order valence-electron chi connectivity index (χ4n) is 5.89.